The van der Waals surface area contributed by atoms with Gasteiger partial charge in [0.05, 0.1) is 16.8 Å². The minimum atomic E-state index is -0.770. The zero-order chi connectivity index (χ0) is 20.7. The van der Waals surface area contributed by atoms with Crippen molar-refractivity contribution in [3.63, 3.8) is 0 Å². The molecule has 5 N–H and O–H groups in total. The van der Waals surface area contributed by atoms with Crippen molar-refractivity contribution in [2.45, 2.75) is 27.7 Å². The number of benzene rings is 1. The Morgan fingerprint density at radius 2 is 1.93 bits per heavy atom. The number of nitrogen functional groups attached to an aromatic ring is 1. The quantitative estimate of drug-likeness (QED) is 0.625. The van der Waals surface area contributed by atoms with Gasteiger partial charge in [0.15, 0.2) is 11.6 Å². The molecule has 0 saturated heterocycles. The summed E-state index contributed by atoms with van der Waals surface area (Å²) in [5, 5.41) is 10.4. The van der Waals surface area contributed by atoms with Gasteiger partial charge in [0.1, 0.15) is 11.6 Å². The molecule has 1 aromatic carbocycles. The van der Waals surface area contributed by atoms with Crippen molar-refractivity contribution in [1.29, 1.82) is 0 Å². The number of aryl methyl sites for hydroxylation is 1. The van der Waals surface area contributed by atoms with Crippen molar-refractivity contribution >= 4 is 28.4 Å². The van der Waals surface area contributed by atoms with Crippen LogP contribution in [0.1, 0.15) is 35.3 Å². The van der Waals surface area contributed by atoms with Crippen LogP contribution in [-0.4, -0.2) is 33.7 Å². The van der Waals surface area contributed by atoms with Gasteiger partial charge in [-0.15, -0.1) is 0 Å². The molecule has 0 unspecified atom stereocenters. The fraction of sp³-hybridized carbons (Fsp3) is 0.300. The van der Waals surface area contributed by atoms with Crippen LogP contribution in [0.3, 0.4) is 0 Å². The van der Waals surface area contributed by atoms with Crippen LogP contribution in [-0.2, 0) is 0 Å². The number of halogens is 1. The molecule has 3 aromatic rings. The maximum atomic E-state index is 15.7. The molecule has 0 aliphatic heterocycles. The summed E-state index contributed by atoms with van der Waals surface area (Å²) in [5.41, 5.74) is 13.7. The lowest BCUT2D eigenvalue weighted by atomic mass is 10.1. The van der Waals surface area contributed by atoms with Gasteiger partial charge in [0, 0.05) is 30.2 Å². The second kappa shape index (κ2) is 7.03. The van der Waals surface area contributed by atoms with Crippen LogP contribution < -0.4 is 16.4 Å². The second-order valence-electron chi connectivity index (χ2n) is 6.67. The van der Waals surface area contributed by atoms with Gasteiger partial charge in [-0.1, -0.05) is 6.07 Å². The van der Waals surface area contributed by atoms with E-state index in [-0.39, 0.29) is 33.9 Å². The van der Waals surface area contributed by atoms with Gasteiger partial charge in [-0.3, -0.25) is 9.36 Å². The number of anilines is 2. The third-order valence-corrected chi connectivity index (χ3v) is 5.10. The first-order valence-electron chi connectivity index (χ1n) is 9.07. The molecule has 0 saturated carbocycles. The van der Waals surface area contributed by atoms with Crippen LogP contribution in [0, 0.1) is 19.7 Å². The van der Waals surface area contributed by atoms with E-state index in [0.29, 0.717) is 24.3 Å². The van der Waals surface area contributed by atoms with E-state index in [1.165, 1.54) is 10.8 Å². The lowest BCUT2D eigenvalue weighted by molar-refractivity contribution is 0.100. The predicted octanol–water partition coefficient (Wildman–Crippen LogP) is 3.01. The van der Waals surface area contributed by atoms with E-state index in [2.05, 4.69) is 4.98 Å². The maximum absolute atomic E-state index is 15.7. The lowest BCUT2D eigenvalue weighted by Gasteiger charge is -2.21. The number of aromatic hydroxyl groups is 1. The molecule has 8 heteroatoms. The average Bonchev–Trinajstić information content (AvgIpc) is 2.94. The lowest BCUT2D eigenvalue weighted by Crippen LogP contribution is -2.24. The number of rotatable bonds is 5. The summed E-state index contributed by atoms with van der Waals surface area (Å²) in [7, 11) is 0. The van der Waals surface area contributed by atoms with E-state index in [4.69, 9.17) is 11.5 Å². The molecule has 0 fully saturated rings. The Bertz CT molecular complexity index is 1090. The number of fused-ring (bicyclic) bond motifs is 1. The van der Waals surface area contributed by atoms with Gasteiger partial charge in [0.25, 0.3) is 5.91 Å². The van der Waals surface area contributed by atoms with Crippen molar-refractivity contribution in [1.82, 2.24) is 9.55 Å². The topological polar surface area (TPSA) is 110 Å². The third kappa shape index (κ3) is 2.72. The summed E-state index contributed by atoms with van der Waals surface area (Å²) < 4.78 is 17.1. The van der Waals surface area contributed by atoms with E-state index in [1.54, 1.807) is 24.0 Å². The van der Waals surface area contributed by atoms with E-state index < -0.39 is 11.7 Å². The Morgan fingerprint density at radius 1 is 1.29 bits per heavy atom. The number of nitrogens with two attached hydrogens (primary N) is 2. The molecule has 0 bridgehead atoms. The molecule has 148 valence electrons. The van der Waals surface area contributed by atoms with E-state index in [0.717, 1.165) is 5.56 Å². The van der Waals surface area contributed by atoms with Gasteiger partial charge < -0.3 is 21.5 Å². The smallest absolute Gasteiger partial charge is 0.253 e. The summed E-state index contributed by atoms with van der Waals surface area (Å²) in [6.45, 7) is 8.46. The van der Waals surface area contributed by atoms with Crippen LogP contribution in [0.4, 0.5) is 16.0 Å². The molecule has 0 spiro atoms. The van der Waals surface area contributed by atoms with Crippen LogP contribution in [0.2, 0.25) is 0 Å². The van der Waals surface area contributed by atoms with Gasteiger partial charge in [-0.2, -0.15) is 0 Å². The largest absolute Gasteiger partial charge is 0.508 e. The number of hydrogen-bond donors (Lipinski definition) is 3. The minimum Gasteiger partial charge on any atom is -0.508 e. The van der Waals surface area contributed by atoms with Gasteiger partial charge in [-0.25, -0.2) is 9.37 Å². The van der Waals surface area contributed by atoms with Crippen molar-refractivity contribution < 1.29 is 14.3 Å². The molecule has 0 aliphatic rings. The Balaban J connectivity index is 2.53. The standard InChI is InChI=1S/C20H24FN5O2/c1-5-25(6-2)20-15(21)17-12(9-24-20)14(19(23)28)18(22)26(17)16-10(3)7-8-13(27)11(16)4/h7-9,27H,5-6,22H2,1-4H3,(H2,23,28). The van der Waals surface area contributed by atoms with Gasteiger partial charge in [0.2, 0.25) is 0 Å². The highest BCUT2D eigenvalue weighted by molar-refractivity contribution is 6.12. The number of nitrogens with zero attached hydrogens (tertiary/aromatic N) is 3. The molecule has 28 heavy (non-hydrogen) atoms. The number of aromatic nitrogens is 2. The molecule has 0 atom stereocenters. The number of phenols is 1. The number of carbonyl (C=O) groups is 1. The van der Waals surface area contributed by atoms with Gasteiger partial charge >= 0.3 is 0 Å². The molecule has 0 aliphatic carbocycles. The first-order valence-corrected chi connectivity index (χ1v) is 9.07. The number of amides is 1. The second-order valence-corrected chi connectivity index (χ2v) is 6.67. The zero-order valence-corrected chi connectivity index (χ0v) is 16.4. The van der Waals surface area contributed by atoms with Crippen molar-refractivity contribution in [2.75, 3.05) is 23.7 Å². The highest BCUT2D eigenvalue weighted by Crippen LogP contribution is 2.38. The predicted molar refractivity (Wildman–Crippen MR) is 109 cm³/mol. The normalized spacial score (nSPS) is 11.2. The molecule has 1 amide bonds. The van der Waals surface area contributed by atoms with Crippen LogP contribution in [0.5, 0.6) is 5.75 Å². The molecule has 3 rings (SSSR count). The molecule has 2 aromatic heterocycles. The number of carbonyl (C=O) groups excluding carboxylic acids is 1. The highest BCUT2D eigenvalue weighted by Gasteiger charge is 2.27. The maximum Gasteiger partial charge on any atom is 0.253 e. The van der Waals surface area contributed by atoms with Crippen LogP contribution >= 0.6 is 0 Å². The number of hydrogen-bond acceptors (Lipinski definition) is 5. The summed E-state index contributed by atoms with van der Waals surface area (Å²) in [4.78, 5) is 18.1. The van der Waals surface area contributed by atoms with Crippen molar-refractivity contribution in [3.05, 3.63) is 40.8 Å². The van der Waals surface area contributed by atoms with Gasteiger partial charge in [-0.05, 0) is 39.3 Å². The fourth-order valence-corrected chi connectivity index (χ4v) is 3.64. The molecular weight excluding hydrogens is 361 g/mol. The van der Waals surface area contributed by atoms with Crippen molar-refractivity contribution in [2.24, 2.45) is 5.73 Å². The van der Waals surface area contributed by atoms with E-state index in [9.17, 15) is 9.90 Å². The number of primary amides is 1. The summed E-state index contributed by atoms with van der Waals surface area (Å²) in [6.07, 6.45) is 1.42. The zero-order valence-electron chi connectivity index (χ0n) is 16.4. The highest BCUT2D eigenvalue weighted by atomic mass is 19.1. The van der Waals surface area contributed by atoms with E-state index in [1.807, 2.05) is 20.8 Å². The molecule has 7 nitrogen and oxygen atoms in total. The van der Waals surface area contributed by atoms with Crippen LogP contribution in [0.25, 0.3) is 16.6 Å². The number of phenolic OH excluding ortho intramolecular Hbond substituents is 1. The van der Waals surface area contributed by atoms with E-state index >= 15 is 4.39 Å². The Morgan fingerprint density at radius 3 is 2.50 bits per heavy atom. The first-order chi connectivity index (χ1) is 13.2. The third-order valence-electron chi connectivity index (χ3n) is 5.10. The molecule has 2 heterocycles. The Labute approximate surface area is 162 Å². The summed E-state index contributed by atoms with van der Waals surface area (Å²) >= 11 is 0. The summed E-state index contributed by atoms with van der Waals surface area (Å²) in [5.74, 6) is -1.14. The first kappa shape index (κ1) is 19.5. The monoisotopic (exact) mass is 385 g/mol. The fourth-order valence-electron chi connectivity index (χ4n) is 3.64. The molecule has 0 radical (unpaired) electrons. The minimum absolute atomic E-state index is 0.00893. The number of pyridine rings is 1. The van der Waals surface area contributed by atoms with Crippen LogP contribution in [0.15, 0.2) is 18.3 Å². The Hall–Kier alpha value is -3.29. The average molecular weight is 385 g/mol. The van der Waals surface area contributed by atoms with Crippen molar-refractivity contribution in [3.8, 4) is 11.4 Å². The molecular formula is C20H24FN5O2. The SMILES string of the molecule is CCN(CC)c1ncc2c(C(N)=O)c(N)n(-c3c(C)ccc(O)c3C)c2c1F. The summed E-state index contributed by atoms with van der Waals surface area (Å²) in [6, 6.07) is 3.27. The Kier molecular flexibility index (Phi) is 4.89.